The van der Waals surface area contributed by atoms with E-state index in [-0.39, 0.29) is 11.4 Å². The molecule has 0 aliphatic heterocycles. The molecule has 4 nitrogen and oxygen atoms in total. The molecule has 1 heterocycles. The van der Waals surface area contributed by atoms with Crippen molar-refractivity contribution in [3.63, 3.8) is 0 Å². The second-order valence-corrected chi connectivity index (χ2v) is 5.22. The third-order valence-corrected chi connectivity index (χ3v) is 3.20. The smallest absolute Gasteiger partial charge is 0.341 e. The van der Waals surface area contributed by atoms with Crippen LogP contribution in [0.4, 0.5) is 0 Å². The van der Waals surface area contributed by atoms with Gasteiger partial charge in [-0.25, -0.2) is 9.78 Å². The van der Waals surface area contributed by atoms with Crippen LogP contribution in [0.25, 0.3) is 0 Å². The Bertz CT molecular complexity index is 555. The number of aromatic nitrogens is 1. The lowest BCUT2D eigenvalue weighted by atomic mass is 9.95. The van der Waals surface area contributed by atoms with Gasteiger partial charge in [0.05, 0.1) is 0 Å². The van der Waals surface area contributed by atoms with Crippen molar-refractivity contribution in [3.05, 3.63) is 22.9 Å². The zero-order chi connectivity index (χ0) is 14.0. The van der Waals surface area contributed by atoms with Gasteiger partial charge in [-0.05, 0) is 51.2 Å². The Morgan fingerprint density at radius 1 is 1.47 bits per heavy atom. The van der Waals surface area contributed by atoms with Gasteiger partial charge in [0.15, 0.2) is 5.60 Å². The fourth-order valence-electron chi connectivity index (χ4n) is 2.12. The van der Waals surface area contributed by atoms with Crippen LogP contribution >= 0.6 is 0 Å². The third-order valence-electron chi connectivity index (χ3n) is 3.20. The summed E-state index contributed by atoms with van der Waals surface area (Å²) in [4.78, 5) is 15.7. The maximum atomic E-state index is 11.3. The van der Waals surface area contributed by atoms with Gasteiger partial charge in [-0.15, -0.1) is 6.42 Å². The molecule has 1 aromatic rings. The highest BCUT2D eigenvalue weighted by Gasteiger charge is 2.24. The number of aromatic carboxylic acids is 1. The van der Waals surface area contributed by atoms with Crippen molar-refractivity contribution in [1.82, 2.24) is 4.98 Å². The van der Waals surface area contributed by atoms with Crippen LogP contribution in [-0.2, 0) is 12.8 Å². The molecule has 0 saturated carbocycles. The van der Waals surface area contributed by atoms with Gasteiger partial charge in [0.1, 0.15) is 5.56 Å². The monoisotopic (exact) mass is 259 g/mol. The van der Waals surface area contributed by atoms with Gasteiger partial charge < -0.3 is 9.84 Å². The number of rotatable bonds is 3. The molecule has 0 unspecified atom stereocenters. The maximum absolute atomic E-state index is 11.3. The molecule has 0 bridgehead atoms. The molecule has 100 valence electrons. The Morgan fingerprint density at radius 3 is 2.79 bits per heavy atom. The molecule has 0 aromatic carbocycles. The predicted molar refractivity (Wildman–Crippen MR) is 71.4 cm³/mol. The number of carboxylic acid groups (broad SMARTS) is 1. The number of terminal acetylenes is 1. The summed E-state index contributed by atoms with van der Waals surface area (Å²) >= 11 is 0. The SMILES string of the molecule is C#CC(C)(C)Oc1nc2c(cc1C(=O)O)CCCC2. The molecule has 1 N–H and O–H groups in total. The summed E-state index contributed by atoms with van der Waals surface area (Å²) in [5.41, 5.74) is 1.15. The first-order valence-electron chi connectivity index (χ1n) is 6.36. The van der Waals surface area contributed by atoms with E-state index < -0.39 is 11.6 Å². The van der Waals surface area contributed by atoms with Crippen LogP contribution in [0.5, 0.6) is 5.88 Å². The zero-order valence-electron chi connectivity index (χ0n) is 11.2. The Morgan fingerprint density at radius 2 is 2.16 bits per heavy atom. The van der Waals surface area contributed by atoms with Gasteiger partial charge in [-0.1, -0.05) is 5.92 Å². The summed E-state index contributed by atoms with van der Waals surface area (Å²) in [5.74, 6) is 1.56. The summed E-state index contributed by atoms with van der Waals surface area (Å²) in [7, 11) is 0. The maximum Gasteiger partial charge on any atom is 0.341 e. The molecule has 0 spiro atoms. The highest BCUT2D eigenvalue weighted by molar-refractivity contribution is 5.90. The summed E-state index contributed by atoms with van der Waals surface area (Å²) in [6.07, 6.45) is 9.25. The van der Waals surface area contributed by atoms with E-state index in [9.17, 15) is 9.90 Å². The van der Waals surface area contributed by atoms with Crippen molar-refractivity contribution in [1.29, 1.82) is 0 Å². The number of hydrogen-bond acceptors (Lipinski definition) is 3. The van der Waals surface area contributed by atoms with Crippen molar-refractivity contribution >= 4 is 5.97 Å². The van der Waals surface area contributed by atoms with E-state index in [0.717, 1.165) is 36.9 Å². The first-order chi connectivity index (χ1) is 8.93. The predicted octanol–water partition coefficient (Wildman–Crippen LogP) is 2.45. The largest absolute Gasteiger partial charge is 0.477 e. The van der Waals surface area contributed by atoms with E-state index in [1.165, 1.54) is 0 Å². The Hall–Kier alpha value is -2.02. The molecule has 0 amide bonds. The molecule has 0 saturated heterocycles. The highest BCUT2D eigenvalue weighted by Crippen LogP contribution is 2.28. The van der Waals surface area contributed by atoms with Crippen LogP contribution in [-0.4, -0.2) is 21.7 Å². The number of fused-ring (bicyclic) bond motifs is 1. The van der Waals surface area contributed by atoms with Gasteiger partial charge in [0.25, 0.3) is 0 Å². The molecule has 19 heavy (non-hydrogen) atoms. The first-order valence-corrected chi connectivity index (χ1v) is 6.36. The van der Waals surface area contributed by atoms with Gasteiger partial charge in [0, 0.05) is 5.69 Å². The van der Waals surface area contributed by atoms with E-state index >= 15 is 0 Å². The molecular formula is C15H17NO3. The van der Waals surface area contributed by atoms with E-state index in [0.29, 0.717) is 0 Å². The van der Waals surface area contributed by atoms with Crippen LogP contribution in [0.2, 0.25) is 0 Å². The Labute approximate surface area is 112 Å². The second kappa shape index (κ2) is 4.93. The number of carbonyl (C=O) groups is 1. The topological polar surface area (TPSA) is 59.4 Å². The van der Waals surface area contributed by atoms with E-state index in [1.807, 2.05) is 0 Å². The Kier molecular flexibility index (Phi) is 3.48. The summed E-state index contributed by atoms with van der Waals surface area (Å²) in [6.45, 7) is 3.42. The van der Waals surface area contributed by atoms with Crippen LogP contribution in [0, 0.1) is 12.3 Å². The van der Waals surface area contributed by atoms with E-state index in [4.69, 9.17) is 11.2 Å². The molecular weight excluding hydrogens is 242 g/mol. The van der Waals surface area contributed by atoms with Crippen molar-refractivity contribution < 1.29 is 14.6 Å². The second-order valence-electron chi connectivity index (χ2n) is 5.22. The first kappa shape index (κ1) is 13.4. The number of nitrogens with zero attached hydrogens (tertiary/aromatic N) is 1. The fourth-order valence-corrected chi connectivity index (χ4v) is 2.12. The quantitative estimate of drug-likeness (QED) is 0.847. The summed E-state index contributed by atoms with van der Waals surface area (Å²) in [5, 5.41) is 9.27. The molecule has 1 aromatic heterocycles. The molecule has 1 aliphatic rings. The molecule has 4 heteroatoms. The van der Waals surface area contributed by atoms with Crippen molar-refractivity contribution in [2.24, 2.45) is 0 Å². The molecule has 1 aliphatic carbocycles. The lowest BCUT2D eigenvalue weighted by molar-refractivity contribution is 0.0684. The highest BCUT2D eigenvalue weighted by atomic mass is 16.5. The lowest BCUT2D eigenvalue weighted by Gasteiger charge is -2.23. The van der Waals surface area contributed by atoms with Crippen molar-refractivity contribution in [2.45, 2.75) is 45.1 Å². The average Bonchev–Trinajstić information content (AvgIpc) is 2.37. The zero-order valence-corrected chi connectivity index (χ0v) is 11.2. The standard InChI is InChI=1S/C15H17NO3/c1-4-15(2,3)19-13-11(14(17)18)9-10-7-5-6-8-12(10)16-13/h1,9H,5-8H2,2-3H3,(H,17,18). The molecule has 0 fully saturated rings. The lowest BCUT2D eigenvalue weighted by Crippen LogP contribution is -2.27. The van der Waals surface area contributed by atoms with Crippen molar-refractivity contribution in [2.75, 3.05) is 0 Å². The van der Waals surface area contributed by atoms with Crippen LogP contribution < -0.4 is 4.74 Å². The number of pyridine rings is 1. The van der Waals surface area contributed by atoms with Gasteiger partial charge in [-0.3, -0.25) is 0 Å². The molecule has 2 rings (SSSR count). The molecule has 0 radical (unpaired) electrons. The van der Waals surface area contributed by atoms with Crippen molar-refractivity contribution in [3.8, 4) is 18.2 Å². The number of aryl methyl sites for hydroxylation is 2. The summed E-state index contributed by atoms with van der Waals surface area (Å²) < 4.78 is 5.58. The number of hydrogen-bond donors (Lipinski definition) is 1. The van der Waals surface area contributed by atoms with E-state index in [1.54, 1.807) is 19.9 Å². The average molecular weight is 259 g/mol. The normalized spacial score (nSPS) is 14.4. The number of ether oxygens (including phenoxy) is 1. The minimum absolute atomic E-state index is 0.0870. The Balaban J connectivity index is 2.46. The van der Waals surface area contributed by atoms with Crippen LogP contribution in [0.15, 0.2) is 6.07 Å². The van der Waals surface area contributed by atoms with Gasteiger partial charge in [0.2, 0.25) is 5.88 Å². The molecule has 0 atom stereocenters. The van der Waals surface area contributed by atoms with Crippen LogP contribution in [0.1, 0.15) is 48.3 Å². The fraction of sp³-hybridized carbons (Fsp3) is 0.467. The van der Waals surface area contributed by atoms with Crippen LogP contribution in [0.3, 0.4) is 0 Å². The van der Waals surface area contributed by atoms with Gasteiger partial charge >= 0.3 is 5.97 Å². The minimum atomic E-state index is -1.04. The summed E-state index contributed by atoms with van der Waals surface area (Å²) in [6, 6.07) is 1.67. The van der Waals surface area contributed by atoms with E-state index in [2.05, 4.69) is 10.9 Å². The third kappa shape index (κ3) is 2.87. The van der Waals surface area contributed by atoms with Gasteiger partial charge in [-0.2, -0.15) is 0 Å². The number of carboxylic acids is 1. The minimum Gasteiger partial charge on any atom is -0.477 e.